The summed E-state index contributed by atoms with van der Waals surface area (Å²) < 4.78 is 44.1. The van der Waals surface area contributed by atoms with E-state index in [1.165, 1.54) is 0 Å². The molecule has 5 nitrogen and oxygen atoms in total. The molecule has 0 aliphatic rings. The van der Waals surface area contributed by atoms with E-state index in [9.17, 15) is 18.0 Å². The number of azide groups is 1. The largest absolute Gasteiger partial charge is 0.457 e. The fraction of sp³-hybridized carbons (Fsp3) is 0.133. The van der Waals surface area contributed by atoms with Gasteiger partial charge in [-0.15, -0.1) is 0 Å². The minimum atomic E-state index is -4.78. The molecule has 0 spiro atoms. The molecule has 0 saturated carbocycles. The highest BCUT2D eigenvalue weighted by atomic mass is 19.4. The lowest BCUT2D eigenvalue weighted by Gasteiger charge is -2.13. The summed E-state index contributed by atoms with van der Waals surface area (Å²) in [4.78, 5) is 14.4. The molecule has 0 aliphatic carbocycles. The molecule has 2 aromatic rings. The first-order chi connectivity index (χ1) is 10.9. The van der Waals surface area contributed by atoms with Gasteiger partial charge in [0.1, 0.15) is 6.61 Å². The van der Waals surface area contributed by atoms with Gasteiger partial charge in [-0.1, -0.05) is 41.5 Å². The Morgan fingerprint density at radius 2 is 1.87 bits per heavy atom. The highest BCUT2D eigenvalue weighted by Crippen LogP contribution is 2.35. The van der Waals surface area contributed by atoms with Gasteiger partial charge in [0, 0.05) is 10.6 Å². The predicted molar refractivity (Wildman–Crippen MR) is 75.8 cm³/mol. The fourth-order valence-electron chi connectivity index (χ4n) is 1.86. The first-order valence-electron chi connectivity index (χ1n) is 6.39. The lowest BCUT2D eigenvalue weighted by atomic mass is 10.1. The number of alkyl halides is 3. The number of rotatable bonds is 4. The molecule has 0 bridgehead atoms. The van der Waals surface area contributed by atoms with Crippen molar-refractivity contribution in [2.75, 3.05) is 0 Å². The fourth-order valence-corrected chi connectivity index (χ4v) is 1.86. The molecule has 8 heteroatoms. The van der Waals surface area contributed by atoms with E-state index in [1.807, 2.05) is 0 Å². The number of halogens is 3. The average molecular weight is 321 g/mol. The Labute approximate surface area is 128 Å². The number of esters is 1. The van der Waals surface area contributed by atoms with E-state index in [-0.39, 0.29) is 12.3 Å². The molecule has 0 aromatic heterocycles. The van der Waals surface area contributed by atoms with Gasteiger partial charge in [-0.3, -0.25) is 0 Å². The van der Waals surface area contributed by atoms with Crippen molar-refractivity contribution in [2.45, 2.75) is 12.8 Å². The molecule has 0 atom stereocenters. The summed E-state index contributed by atoms with van der Waals surface area (Å²) in [7, 11) is 0. The van der Waals surface area contributed by atoms with Crippen molar-refractivity contribution in [3.63, 3.8) is 0 Å². The first-order valence-corrected chi connectivity index (χ1v) is 6.39. The van der Waals surface area contributed by atoms with Gasteiger partial charge in [0.05, 0.1) is 11.1 Å². The van der Waals surface area contributed by atoms with Crippen LogP contribution in [-0.4, -0.2) is 5.97 Å². The zero-order valence-corrected chi connectivity index (χ0v) is 11.6. The molecular weight excluding hydrogens is 311 g/mol. The van der Waals surface area contributed by atoms with Crippen molar-refractivity contribution in [1.29, 1.82) is 0 Å². The van der Waals surface area contributed by atoms with Gasteiger partial charge in [-0.05, 0) is 23.2 Å². The molecule has 0 saturated heterocycles. The number of ether oxygens (including phenoxy) is 1. The smallest absolute Gasteiger partial charge is 0.417 e. The van der Waals surface area contributed by atoms with E-state index in [1.54, 1.807) is 30.3 Å². The number of carbonyl (C=O) groups is 1. The van der Waals surface area contributed by atoms with Crippen LogP contribution in [0.1, 0.15) is 21.5 Å². The Bertz CT molecular complexity index is 754. The summed E-state index contributed by atoms with van der Waals surface area (Å²) in [6.07, 6.45) is -4.78. The molecular formula is C15H10F3N3O2. The summed E-state index contributed by atoms with van der Waals surface area (Å²) in [5.41, 5.74) is 6.86. The molecule has 2 aromatic carbocycles. The van der Waals surface area contributed by atoms with E-state index >= 15 is 0 Å². The minimum Gasteiger partial charge on any atom is -0.457 e. The number of benzene rings is 2. The second-order valence-corrected chi connectivity index (χ2v) is 4.48. The third kappa shape index (κ3) is 4.24. The molecule has 0 amide bonds. The zero-order chi connectivity index (χ0) is 16.9. The molecule has 0 N–H and O–H groups in total. The molecule has 0 heterocycles. The summed E-state index contributed by atoms with van der Waals surface area (Å²) >= 11 is 0. The molecule has 0 radical (unpaired) electrons. The lowest BCUT2D eigenvalue weighted by molar-refractivity contribution is -0.138. The highest BCUT2D eigenvalue weighted by Gasteiger charge is 2.36. The molecule has 118 valence electrons. The van der Waals surface area contributed by atoms with Gasteiger partial charge < -0.3 is 4.74 Å². The Morgan fingerprint density at radius 1 is 1.17 bits per heavy atom. The Hall–Kier alpha value is -2.99. The second-order valence-electron chi connectivity index (χ2n) is 4.48. The van der Waals surface area contributed by atoms with E-state index in [4.69, 9.17) is 10.3 Å². The number of hydrogen-bond donors (Lipinski definition) is 0. The van der Waals surface area contributed by atoms with Crippen LogP contribution in [0.3, 0.4) is 0 Å². The number of carbonyl (C=O) groups excluding carboxylic acids is 1. The van der Waals surface area contributed by atoms with Crippen molar-refractivity contribution in [3.8, 4) is 0 Å². The van der Waals surface area contributed by atoms with Crippen LogP contribution in [-0.2, 0) is 17.5 Å². The topological polar surface area (TPSA) is 75.1 Å². The van der Waals surface area contributed by atoms with Gasteiger partial charge in [-0.25, -0.2) is 4.79 Å². The summed E-state index contributed by atoms with van der Waals surface area (Å²) in [6, 6.07) is 11.2. The molecule has 23 heavy (non-hydrogen) atoms. The van der Waals surface area contributed by atoms with Crippen LogP contribution in [0.15, 0.2) is 53.6 Å². The van der Waals surface area contributed by atoms with Crippen molar-refractivity contribution in [2.24, 2.45) is 5.11 Å². The summed E-state index contributed by atoms with van der Waals surface area (Å²) in [5, 5.41) is 3.10. The highest BCUT2D eigenvalue weighted by molar-refractivity contribution is 5.91. The third-order valence-corrected chi connectivity index (χ3v) is 2.90. The number of nitrogens with zero attached hydrogens (tertiary/aromatic N) is 3. The van der Waals surface area contributed by atoms with Gasteiger partial charge in [0.15, 0.2) is 0 Å². The Kier molecular flexibility index (Phi) is 4.88. The van der Waals surface area contributed by atoms with Crippen molar-refractivity contribution in [3.05, 3.63) is 75.7 Å². The van der Waals surface area contributed by atoms with Crippen LogP contribution in [0.2, 0.25) is 0 Å². The predicted octanol–water partition coefficient (Wildman–Crippen LogP) is 5.00. The van der Waals surface area contributed by atoms with Crippen molar-refractivity contribution in [1.82, 2.24) is 0 Å². The SMILES string of the molecule is [N-]=[N+]=Nc1ccc(C(=O)OCc2ccccc2)c(C(F)(F)F)c1. The van der Waals surface area contributed by atoms with E-state index in [0.717, 1.165) is 12.1 Å². The molecule has 0 unspecified atom stereocenters. The van der Waals surface area contributed by atoms with E-state index < -0.39 is 23.3 Å². The Balaban J connectivity index is 2.27. The minimum absolute atomic E-state index is 0.144. The van der Waals surface area contributed by atoms with E-state index in [2.05, 4.69) is 10.0 Å². The van der Waals surface area contributed by atoms with Gasteiger partial charge in [0.2, 0.25) is 0 Å². The quantitative estimate of drug-likeness (QED) is 0.344. The monoisotopic (exact) mass is 321 g/mol. The van der Waals surface area contributed by atoms with Crippen LogP contribution < -0.4 is 0 Å². The summed E-state index contributed by atoms with van der Waals surface area (Å²) in [5.74, 6) is -1.10. The molecule has 0 aliphatic heterocycles. The first kappa shape index (κ1) is 16.4. The van der Waals surface area contributed by atoms with E-state index in [0.29, 0.717) is 11.6 Å². The van der Waals surface area contributed by atoms with Crippen LogP contribution in [0.25, 0.3) is 10.4 Å². The summed E-state index contributed by atoms with van der Waals surface area (Å²) in [6.45, 7) is -0.144. The maximum Gasteiger partial charge on any atom is 0.417 e. The molecule has 0 fully saturated rings. The third-order valence-electron chi connectivity index (χ3n) is 2.90. The lowest BCUT2D eigenvalue weighted by Crippen LogP contribution is -2.15. The van der Waals surface area contributed by atoms with Gasteiger partial charge in [-0.2, -0.15) is 13.2 Å². The standard InChI is InChI=1S/C15H10F3N3O2/c16-15(17,18)13-8-11(20-21-19)6-7-12(13)14(22)23-9-10-4-2-1-3-5-10/h1-8H,9H2. The maximum atomic E-state index is 13.0. The van der Waals surface area contributed by atoms with Crippen molar-refractivity contribution >= 4 is 11.7 Å². The normalized spacial score (nSPS) is 10.7. The molecule has 2 rings (SSSR count). The van der Waals surface area contributed by atoms with Crippen LogP contribution >= 0.6 is 0 Å². The van der Waals surface area contributed by atoms with Crippen molar-refractivity contribution < 1.29 is 22.7 Å². The van der Waals surface area contributed by atoms with Gasteiger partial charge >= 0.3 is 12.1 Å². The maximum absolute atomic E-state index is 13.0. The van der Waals surface area contributed by atoms with Crippen LogP contribution in [0.5, 0.6) is 0 Å². The number of hydrogen-bond acceptors (Lipinski definition) is 3. The zero-order valence-electron chi connectivity index (χ0n) is 11.6. The average Bonchev–Trinajstić information content (AvgIpc) is 2.53. The second kappa shape index (κ2) is 6.85. The van der Waals surface area contributed by atoms with Crippen LogP contribution in [0, 0.1) is 0 Å². The van der Waals surface area contributed by atoms with Crippen LogP contribution in [0.4, 0.5) is 18.9 Å². The van der Waals surface area contributed by atoms with Gasteiger partial charge in [0.25, 0.3) is 0 Å². The Morgan fingerprint density at radius 3 is 2.48 bits per heavy atom.